The van der Waals surface area contributed by atoms with Crippen LogP contribution in [-0.2, 0) is 19.6 Å². The molecule has 0 atom stereocenters. The molecule has 0 fully saturated rings. The maximum absolute atomic E-state index is 13.1. The first-order valence-electron chi connectivity index (χ1n) is 27.1. The topological polar surface area (TPSA) is 110 Å². The van der Waals surface area contributed by atoms with Crippen molar-refractivity contribution >= 4 is 22.1 Å². The van der Waals surface area contributed by atoms with E-state index in [4.69, 9.17) is 9.47 Å². The molecular weight excluding hydrogens is 856 g/mol. The molecule has 0 aliphatic heterocycles. The standard InChI is InChI=1S/C56H98O7S.K/c1-3-5-7-9-11-13-15-17-19-21-23-25-27-29-31-33-35-37-39-41-43-45-50-62-55(57)52-48-47-49-53(64(59,60)61)54(52)56(58)63-51-46-44-42-40-38-36-34-32-30-28-26-24-22-20-18-16-14-12-10-8-6-4-2;/h9-12,47-49H,3-8,13-46,50-51H2,1-2H3,(H,59,60,61);/q;+1/p-1/b11-9+,12-10+;. The van der Waals surface area contributed by atoms with Crippen LogP contribution in [0.25, 0.3) is 0 Å². The van der Waals surface area contributed by atoms with Crippen molar-refractivity contribution in [3.8, 4) is 0 Å². The number of hydrogen-bond acceptors (Lipinski definition) is 7. The summed E-state index contributed by atoms with van der Waals surface area (Å²) in [5.74, 6) is -1.80. The van der Waals surface area contributed by atoms with Crippen molar-refractivity contribution in [3.05, 3.63) is 53.6 Å². The molecule has 0 saturated carbocycles. The molecule has 370 valence electrons. The molecule has 0 aromatic heterocycles. The Morgan fingerprint density at radius 3 is 1.02 bits per heavy atom. The molecule has 0 saturated heterocycles. The first-order valence-corrected chi connectivity index (χ1v) is 28.5. The summed E-state index contributed by atoms with van der Waals surface area (Å²) >= 11 is 0. The zero-order chi connectivity index (χ0) is 46.4. The Hall–Kier alpha value is -0.814. The van der Waals surface area contributed by atoms with E-state index in [9.17, 15) is 22.6 Å². The minimum Gasteiger partial charge on any atom is -0.744 e. The van der Waals surface area contributed by atoms with Crippen LogP contribution in [0.2, 0.25) is 0 Å². The van der Waals surface area contributed by atoms with Gasteiger partial charge in [0.2, 0.25) is 0 Å². The predicted octanol–water partition coefficient (Wildman–Crippen LogP) is 14.7. The summed E-state index contributed by atoms with van der Waals surface area (Å²) in [6.45, 7) is 4.75. The molecule has 1 rings (SSSR count). The van der Waals surface area contributed by atoms with Gasteiger partial charge in [-0.1, -0.05) is 250 Å². The van der Waals surface area contributed by atoms with Crippen molar-refractivity contribution in [1.82, 2.24) is 0 Å². The molecule has 9 heteroatoms. The van der Waals surface area contributed by atoms with Gasteiger partial charge >= 0.3 is 63.3 Å². The van der Waals surface area contributed by atoms with Gasteiger partial charge in [-0.05, 0) is 63.5 Å². The Morgan fingerprint density at radius 2 is 0.708 bits per heavy atom. The Kier molecular flexibility index (Phi) is 47.6. The van der Waals surface area contributed by atoms with Crippen molar-refractivity contribution in [2.24, 2.45) is 0 Å². The van der Waals surface area contributed by atoms with Gasteiger partial charge in [0.05, 0.1) is 29.2 Å². The molecule has 0 radical (unpaired) electrons. The SMILES string of the molecule is CCCC/C=C/CCCCCCCCCCCCCCCCCCOC(=O)c1cccc(S(=O)(=O)[O-])c1C(=O)OCCCCCCCCCCCCCCCCCC/C=C/CCCC.[K+]. The van der Waals surface area contributed by atoms with Crippen molar-refractivity contribution in [3.63, 3.8) is 0 Å². The maximum Gasteiger partial charge on any atom is 1.00 e. The molecule has 0 bridgehead atoms. The van der Waals surface area contributed by atoms with E-state index in [1.54, 1.807) is 0 Å². The molecule has 0 aliphatic carbocycles. The number of ether oxygens (including phenoxy) is 2. The summed E-state index contributed by atoms with van der Waals surface area (Å²) in [6, 6.07) is 3.65. The van der Waals surface area contributed by atoms with Crippen LogP contribution >= 0.6 is 0 Å². The van der Waals surface area contributed by atoms with Gasteiger partial charge in [0.15, 0.2) is 0 Å². The number of carbonyl (C=O) groups is 2. The van der Waals surface area contributed by atoms with E-state index in [0.29, 0.717) is 12.8 Å². The largest absolute Gasteiger partial charge is 1.00 e. The summed E-state index contributed by atoms with van der Waals surface area (Å²) in [4.78, 5) is 25.4. The molecular formula is C56H97KO7S. The van der Waals surface area contributed by atoms with Crippen LogP contribution in [0, 0.1) is 0 Å². The molecule has 65 heavy (non-hydrogen) atoms. The summed E-state index contributed by atoms with van der Waals surface area (Å²) in [5, 5.41) is 0. The normalized spacial score (nSPS) is 11.7. The molecule has 0 amide bonds. The third-order valence-electron chi connectivity index (χ3n) is 12.5. The summed E-state index contributed by atoms with van der Waals surface area (Å²) in [6.07, 6.45) is 59.1. The first kappa shape index (κ1) is 64.2. The fraction of sp³-hybridized carbons (Fsp3) is 0.786. The quantitative estimate of drug-likeness (QED) is 0.0210. The average molecular weight is 954 g/mol. The second-order valence-corrected chi connectivity index (χ2v) is 19.9. The summed E-state index contributed by atoms with van der Waals surface area (Å²) < 4.78 is 47.0. The van der Waals surface area contributed by atoms with E-state index in [-0.39, 0.29) is 70.2 Å². The Morgan fingerprint density at radius 1 is 0.431 bits per heavy atom. The number of allylic oxidation sites excluding steroid dienone is 4. The fourth-order valence-corrected chi connectivity index (χ4v) is 9.08. The smallest absolute Gasteiger partial charge is 0.744 e. The Bertz CT molecular complexity index is 1410. The number of benzene rings is 1. The van der Waals surface area contributed by atoms with Crippen LogP contribution in [-0.4, -0.2) is 38.1 Å². The van der Waals surface area contributed by atoms with E-state index in [1.165, 1.54) is 218 Å². The van der Waals surface area contributed by atoms with Gasteiger partial charge in [0.25, 0.3) is 0 Å². The zero-order valence-electron chi connectivity index (χ0n) is 42.5. The summed E-state index contributed by atoms with van der Waals surface area (Å²) in [7, 11) is -5.02. The zero-order valence-corrected chi connectivity index (χ0v) is 46.4. The molecule has 0 N–H and O–H groups in total. The van der Waals surface area contributed by atoms with E-state index in [1.807, 2.05) is 0 Å². The minimum absolute atomic E-state index is 0. The van der Waals surface area contributed by atoms with E-state index < -0.39 is 32.5 Å². The van der Waals surface area contributed by atoms with Crippen LogP contribution in [0.15, 0.2) is 47.4 Å². The molecule has 0 heterocycles. The first-order chi connectivity index (χ1) is 31.3. The third-order valence-corrected chi connectivity index (χ3v) is 13.4. The Labute approximate surface area is 443 Å². The van der Waals surface area contributed by atoms with Crippen molar-refractivity contribution in [1.29, 1.82) is 0 Å². The van der Waals surface area contributed by atoms with Gasteiger partial charge < -0.3 is 14.0 Å². The Balaban J connectivity index is 0.0000410. The van der Waals surface area contributed by atoms with Gasteiger partial charge in [-0.3, -0.25) is 0 Å². The third kappa shape index (κ3) is 39.7. The van der Waals surface area contributed by atoms with E-state index in [0.717, 1.165) is 44.6 Å². The summed E-state index contributed by atoms with van der Waals surface area (Å²) in [5.41, 5.74) is -0.767. The van der Waals surface area contributed by atoms with E-state index in [2.05, 4.69) is 38.2 Å². The number of esters is 2. The molecule has 1 aromatic carbocycles. The van der Waals surface area contributed by atoms with Gasteiger partial charge in [-0.25, -0.2) is 18.0 Å². The van der Waals surface area contributed by atoms with Gasteiger partial charge in [0, 0.05) is 0 Å². The van der Waals surface area contributed by atoms with Crippen LogP contribution in [0.3, 0.4) is 0 Å². The van der Waals surface area contributed by atoms with Gasteiger partial charge in [-0.15, -0.1) is 0 Å². The van der Waals surface area contributed by atoms with Crippen molar-refractivity contribution in [2.75, 3.05) is 13.2 Å². The second-order valence-electron chi connectivity index (χ2n) is 18.5. The number of carbonyl (C=O) groups excluding carboxylic acids is 2. The van der Waals surface area contributed by atoms with Crippen molar-refractivity contribution < 1.29 is 83.4 Å². The number of unbranched alkanes of at least 4 members (excludes halogenated alkanes) is 36. The fourth-order valence-electron chi connectivity index (χ4n) is 8.39. The van der Waals surface area contributed by atoms with Crippen LogP contribution in [0.1, 0.15) is 291 Å². The number of rotatable bonds is 47. The molecule has 1 aromatic rings. The average Bonchev–Trinajstić information content (AvgIpc) is 3.28. The van der Waals surface area contributed by atoms with Crippen LogP contribution < -0.4 is 51.4 Å². The molecule has 0 spiro atoms. The van der Waals surface area contributed by atoms with Gasteiger partial charge in [-0.2, -0.15) is 0 Å². The monoisotopic (exact) mass is 953 g/mol. The van der Waals surface area contributed by atoms with Crippen LogP contribution in [0.5, 0.6) is 0 Å². The second kappa shape index (κ2) is 48.2. The van der Waals surface area contributed by atoms with E-state index >= 15 is 0 Å². The predicted molar refractivity (Wildman–Crippen MR) is 269 cm³/mol. The van der Waals surface area contributed by atoms with Crippen LogP contribution in [0.4, 0.5) is 0 Å². The maximum atomic E-state index is 13.1. The molecule has 0 unspecified atom stereocenters. The van der Waals surface area contributed by atoms with Gasteiger partial charge in [0.1, 0.15) is 10.1 Å². The molecule has 0 aliphatic rings. The number of hydrogen-bond donors (Lipinski definition) is 0. The molecule has 7 nitrogen and oxygen atoms in total. The van der Waals surface area contributed by atoms with Crippen molar-refractivity contribution in [2.45, 2.75) is 276 Å². The minimum atomic E-state index is -5.02.